The van der Waals surface area contributed by atoms with Gasteiger partial charge in [-0.1, -0.05) is 0 Å². The molecule has 0 amide bonds. The highest BCUT2D eigenvalue weighted by atomic mass is 35.5. The van der Waals surface area contributed by atoms with Gasteiger partial charge >= 0.3 is 0 Å². The van der Waals surface area contributed by atoms with Crippen LogP contribution in [0.2, 0.25) is 0 Å². The predicted octanol–water partition coefficient (Wildman–Crippen LogP) is 1.56. The molecule has 0 radical (unpaired) electrons. The number of nitrogens with two attached hydrogens (primary N) is 1. The van der Waals surface area contributed by atoms with Gasteiger partial charge in [-0.3, -0.25) is 0 Å². The van der Waals surface area contributed by atoms with E-state index in [1.807, 2.05) is 0 Å². The lowest BCUT2D eigenvalue weighted by Crippen LogP contribution is -2.25. The normalized spacial score (nSPS) is 15.5. The fraction of sp³-hybridized carbons (Fsp3) is 0.571. The topological polar surface area (TPSA) is 42.1 Å². The summed E-state index contributed by atoms with van der Waals surface area (Å²) >= 11 is 1.63. The Morgan fingerprint density at radius 3 is 2.85 bits per heavy atom. The molecule has 6 heteroatoms. The summed E-state index contributed by atoms with van der Waals surface area (Å²) in [6, 6.07) is 0. The Balaban J connectivity index is 0.000000720. The van der Waals surface area contributed by atoms with Gasteiger partial charge in [0, 0.05) is 18.0 Å². The summed E-state index contributed by atoms with van der Waals surface area (Å²) in [6.07, 6.45) is 1.11. The lowest BCUT2D eigenvalue weighted by molar-refractivity contribution is 0.311. The van der Waals surface area contributed by atoms with E-state index >= 15 is 0 Å². The number of aromatic nitrogens is 1. The number of fused-ring (bicyclic) bond motifs is 1. The molecular weight excluding hydrogens is 229 g/mol. The molecule has 2 rings (SSSR count). The fourth-order valence-corrected chi connectivity index (χ4v) is 2.18. The SMILES string of the molecule is CN1CCc2sc(N)nc2C1.Cl.Cl. The van der Waals surface area contributed by atoms with Crippen LogP contribution in [0.3, 0.4) is 0 Å². The van der Waals surface area contributed by atoms with Gasteiger partial charge in [-0.05, 0) is 13.5 Å². The molecule has 1 aromatic heterocycles. The third-order valence-electron chi connectivity index (χ3n) is 1.94. The maximum absolute atomic E-state index is 5.59. The maximum atomic E-state index is 5.59. The van der Waals surface area contributed by atoms with Gasteiger partial charge in [0.2, 0.25) is 0 Å². The second-order valence-electron chi connectivity index (χ2n) is 2.91. The Labute approximate surface area is 94.2 Å². The number of nitrogen functional groups attached to an aromatic ring is 1. The Kier molecular flexibility index (Phi) is 4.99. The van der Waals surface area contributed by atoms with E-state index in [1.165, 1.54) is 10.6 Å². The first kappa shape index (κ1) is 13.0. The molecule has 0 saturated heterocycles. The number of halogens is 2. The first-order chi connectivity index (χ1) is 5.25. The summed E-state index contributed by atoms with van der Waals surface area (Å²) in [6.45, 7) is 2.09. The lowest BCUT2D eigenvalue weighted by atomic mass is 10.2. The van der Waals surface area contributed by atoms with Crippen molar-refractivity contribution in [3.8, 4) is 0 Å². The van der Waals surface area contributed by atoms with Crippen molar-refractivity contribution in [2.45, 2.75) is 13.0 Å². The summed E-state index contributed by atoms with van der Waals surface area (Å²) in [7, 11) is 2.11. The molecule has 1 aromatic rings. The molecule has 0 bridgehead atoms. The van der Waals surface area contributed by atoms with Crippen molar-refractivity contribution in [3.05, 3.63) is 10.6 Å². The summed E-state index contributed by atoms with van der Waals surface area (Å²) in [5.74, 6) is 0. The summed E-state index contributed by atoms with van der Waals surface area (Å²) in [5.41, 5.74) is 6.77. The van der Waals surface area contributed by atoms with E-state index in [9.17, 15) is 0 Å². The molecule has 0 fully saturated rings. The Morgan fingerprint density at radius 1 is 1.46 bits per heavy atom. The second-order valence-corrected chi connectivity index (χ2v) is 4.02. The molecule has 2 N–H and O–H groups in total. The smallest absolute Gasteiger partial charge is 0.180 e. The monoisotopic (exact) mass is 241 g/mol. The zero-order valence-corrected chi connectivity index (χ0v) is 9.77. The highest BCUT2D eigenvalue weighted by Crippen LogP contribution is 2.25. The van der Waals surface area contributed by atoms with Crippen LogP contribution in [0.5, 0.6) is 0 Å². The van der Waals surface area contributed by atoms with Gasteiger partial charge in [-0.2, -0.15) is 0 Å². The largest absolute Gasteiger partial charge is 0.375 e. The molecule has 0 atom stereocenters. The van der Waals surface area contributed by atoms with Gasteiger partial charge in [0.05, 0.1) is 5.69 Å². The average Bonchev–Trinajstić information content (AvgIpc) is 2.27. The van der Waals surface area contributed by atoms with Crippen molar-refractivity contribution >= 4 is 41.3 Å². The van der Waals surface area contributed by atoms with Crippen LogP contribution in [0.4, 0.5) is 5.13 Å². The Bertz CT molecular complexity index is 277. The third kappa shape index (κ3) is 2.71. The minimum absolute atomic E-state index is 0. The Hall–Kier alpha value is -0.0300. The van der Waals surface area contributed by atoms with E-state index in [0.29, 0.717) is 5.13 Å². The number of anilines is 1. The minimum Gasteiger partial charge on any atom is -0.375 e. The van der Waals surface area contributed by atoms with Gasteiger partial charge in [0.25, 0.3) is 0 Å². The van der Waals surface area contributed by atoms with Gasteiger partial charge in [-0.15, -0.1) is 36.2 Å². The van der Waals surface area contributed by atoms with Gasteiger partial charge in [0.1, 0.15) is 0 Å². The van der Waals surface area contributed by atoms with E-state index in [-0.39, 0.29) is 24.8 Å². The van der Waals surface area contributed by atoms with Crippen molar-refractivity contribution in [1.29, 1.82) is 0 Å². The fourth-order valence-electron chi connectivity index (χ4n) is 1.35. The van der Waals surface area contributed by atoms with Crippen LogP contribution in [0.1, 0.15) is 10.6 Å². The molecule has 0 spiro atoms. The number of likely N-dealkylation sites (N-methyl/N-ethyl adjacent to an activating group) is 1. The highest BCUT2D eigenvalue weighted by Gasteiger charge is 2.16. The van der Waals surface area contributed by atoms with E-state index in [4.69, 9.17) is 5.73 Å². The van der Waals surface area contributed by atoms with Gasteiger partial charge < -0.3 is 10.6 Å². The quantitative estimate of drug-likeness (QED) is 0.750. The third-order valence-corrected chi connectivity index (χ3v) is 2.92. The molecule has 2 heterocycles. The standard InChI is InChI=1S/C7H11N3S.2ClH/c1-10-3-2-6-5(4-10)9-7(8)11-6;;/h2-4H2,1H3,(H2,8,9);2*1H. The molecule has 0 unspecified atom stereocenters. The average molecular weight is 242 g/mol. The number of nitrogens with zero attached hydrogens (tertiary/aromatic N) is 2. The van der Waals surface area contributed by atoms with Crippen LogP contribution in [0.15, 0.2) is 0 Å². The molecule has 13 heavy (non-hydrogen) atoms. The molecular formula is C7H13Cl2N3S. The van der Waals surface area contributed by atoms with E-state index in [2.05, 4.69) is 16.9 Å². The lowest BCUT2D eigenvalue weighted by Gasteiger charge is -2.20. The first-order valence-electron chi connectivity index (χ1n) is 3.68. The van der Waals surface area contributed by atoms with Crippen molar-refractivity contribution in [3.63, 3.8) is 0 Å². The summed E-state index contributed by atoms with van der Waals surface area (Å²) in [4.78, 5) is 7.90. The summed E-state index contributed by atoms with van der Waals surface area (Å²) in [5, 5.41) is 0.713. The van der Waals surface area contributed by atoms with Crippen LogP contribution in [-0.2, 0) is 13.0 Å². The van der Waals surface area contributed by atoms with Crippen LogP contribution in [-0.4, -0.2) is 23.5 Å². The molecule has 1 aliphatic heterocycles. The van der Waals surface area contributed by atoms with Crippen molar-refractivity contribution in [2.24, 2.45) is 0 Å². The van der Waals surface area contributed by atoms with Crippen molar-refractivity contribution in [2.75, 3.05) is 19.3 Å². The van der Waals surface area contributed by atoms with E-state index in [0.717, 1.165) is 19.5 Å². The molecule has 1 aliphatic rings. The van der Waals surface area contributed by atoms with E-state index in [1.54, 1.807) is 11.3 Å². The van der Waals surface area contributed by atoms with Crippen LogP contribution >= 0.6 is 36.2 Å². The van der Waals surface area contributed by atoms with Gasteiger partial charge in [0.15, 0.2) is 5.13 Å². The highest BCUT2D eigenvalue weighted by molar-refractivity contribution is 7.15. The van der Waals surface area contributed by atoms with Crippen LogP contribution < -0.4 is 5.73 Å². The maximum Gasteiger partial charge on any atom is 0.180 e. The zero-order chi connectivity index (χ0) is 7.84. The summed E-state index contributed by atoms with van der Waals surface area (Å²) < 4.78 is 0. The Morgan fingerprint density at radius 2 is 2.15 bits per heavy atom. The number of hydrogen-bond acceptors (Lipinski definition) is 4. The zero-order valence-electron chi connectivity index (χ0n) is 7.32. The molecule has 0 aromatic carbocycles. The molecule has 76 valence electrons. The van der Waals surface area contributed by atoms with Crippen molar-refractivity contribution in [1.82, 2.24) is 9.88 Å². The van der Waals surface area contributed by atoms with Crippen molar-refractivity contribution < 1.29 is 0 Å². The number of rotatable bonds is 0. The minimum atomic E-state index is 0. The second kappa shape index (κ2) is 5.00. The van der Waals surface area contributed by atoms with Crippen LogP contribution in [0, 0.1) is 0 Å². The number of thiazole rings is 1. The van der Waals surface area contributed by atoms with Crippen LogP contribution in [0.25, 0.3) is 0 Å². The molecule has 0 aliphatic carbocycles. The van der Waals surface area contributed by atoms with Gasteiger partial charge in [-0.25, -0.2) is 4.98 Å². The first-order valence-corrected chi connectivity index (χ1v) is 4.50. The van der Waals surface area contributed by atoms with E-state index < -0.39 is 0 Å². The predicted molar refractivity (Wildman–Crippen MR) is 61.1 cm³/mol. The number of hydrogen-bond donors (Lipinski definition) is 1. The molecule has 0 saturated carbocycles. The molecule has 3 nitrogen and oxygen atoms in total.